The zero-order chi connectivity index (χ0) is 20.5. The molecule has 2 fully saturated rings. The summed E-state index contributed by atoms with van der Waals surface area (Å²) in [6.45, 7) is 4.31. The standard InChI is InChI=1S/C23H32ClN3O2/c1-4-6-16-12-15-7-5-8-17(13-15)27(16)20(28)11-14(2)23-21-18(25-26-23)9-10-19(29-3)22(21)24/h9-10,14-17H,4-8,11-13H2,1-3H3,(H,25,26). The molecule has 0 spiro atoms. The van der Waals surface area contributed by atoms with Crippen molar-refractivity contribution in [3.63, 3.8) is 0 Å². The molecular weight excluding hydrogens is 386 g/mol. The Bertz CT molecular complexity index is 880. The third kappa shape index (κ3) is 3.86. The van der Waals surface area contributed by atoms with Gasteiger partial charge in [-0.05, 0) is 43.7 Å². The number of methoxy groups -OCH3 is 1. The molecule has 6 heteroatoms. The van der Waals surface area contributed by atoms with Crippen molar-refractivity contribution in [3.8, 4) is 5.75 Å². The van der Waals surface area contributed by atoms with Crippen molar-refractivity contribution in [2.24, 2.45) is 5.92 Å². The largest absolute Gasteiger partial charge is 0.495 e. The van der Waals surface area contributed by atoms with Gasteiger partial charge in [0.15, 0.2) is 0 Å². The fraction of sp³-hybridized carbons (Fsp3) is 0.652. The van der Waals surface area contributed by atoms with E-state index in [1.54, 1.807) is 7.11 Å². The summed E-state index contributed by atoms with van der Waals surface area (Å²) in [5.74, 6) is 1.74. The molecule has 2 bridgehead atoms. The number of piperidine rings is 1. The summed E-state index contributed by atoms with van der Waals surface area (Å²) in [6, 6.07) is 4.57. The summed E-state index contributed by atoms with van der Waals surface area (Å²) < 4.78 is 5.37. The molecule has 29 heavy (non-hydrogen) atoms. The van der Waals surface area contributed by atoms with Crippen molar-refractivity contribution in [3.05, 3.63) is 22.8 Å². The molecular formula is C23H32ClN3O2. The second-order valence-corrected chi connectivity index (χ2v) is 9.26. The van der Waals surface area contributed by atoms with Gasteiger partial charge in [-0.3, -0.25) is 9.89 Å². The second-order valence-electron chi connectivity index (χ2n) is 8.88. The number of H-pyrrole nitrogens is 1. The zero-order valence-electron chi connectivity index (χ0n) is 17.7. The summed E-state index contributed by atoms with van der Waals surface area (Å²) in [4.78, 5) is 15.7. The van der Waals surface area contributed by atoms with E-state index in [0.29, 0.717) is 29.3 Å². The van der Waals surface area contributed by atoms with E-state index in [0.717, 1.165) is 41.8 Å². The van der Waals surface area contributed by atoms with Gasteiger partial charge in [0.05, 0.1) is 17.6 Å². The van der Waals surface area contributed by atoms with Crippen LogP contribution >= 0.6 is 11.6 Å². The Morgan fingerprint density at radius 2 is 2.21 bits per heavy atom. The Morgan fingerprint density at radius 1 is 1.38 bits per heavy atom. The van der Waals surface area contributed by atoms with Gasteiger partial charge >= 0.3 is 0 Å². The number of hydrogen-bond acceptors (Lipinski definition) is 3. The first-order chi connectivity index (χ1) is 14.0. The van der Waals surface area contributed by atoms with Gasteiger partial charge in [0, 0.05) is 35.5 Å². The van der Waals surface area contributed by atoms with Gasteiger partial charge < -0.3 is 9.64 Å². The summed E-state index contributed by atoms with van der Waals surface area (Å²) in [5.41, 5.74) is 1.73. The second kappa shape index (κ2) is 8.55. The van der Waals surface area contributed by atoms with Crippen LogP contribution in [0, 0.1) is 5.92 Å². The summed E-state index contributed by atoms with van der Waals surface area (Å²) in [6.07, 6.45) is 8.85. The monoisotopic (exact) mass is 417 g/mol. The Kier molecular flexibility index (Phi) is 6.05. The molecule has 2 aromatic rings. The van der Waals surface area contributed by atoms with Crippen LogP contribution in [-0.4, -0.2) is 40.2 Å². The van der Waals surface area contributed by atoms with Gasteiger partial charge in [0.25, 0.3) is 0 Å². The first kappa shape index (κ1) is 20.5. The maximum atomic E-state index is 13.5. The molecule has 1 N–H and O–H groups in total. The number of carbonyl (C=O) groups excluding carboxylic acids is 1. The molecule has 2 aliphatic rings. The van der Waals surface area contributed by atoms with Crippen LogP contribution in [-0.2, 0) is 4.79 Å². The number of aromatic amines is 1. The molecule has 2 heterocycles. The average molecular weight is 418 g/mol. The highest BCUT2D eigenvalue weighted by Crippen LogP contribution is 2.41. The van der Waals surface area contributed by atoms with Crippen molar-refractivity contribution in [2.45, 2.75) is 83.2 Å². The molecule has 4 unspecified atom stereocenters. The Balaban J connectivity index is 1.56. The molecule has 4 atom stereocenters. The summed E-state index contributed by atoms with van der Waals surface area (Å²) >= 11 is 6.57. The number of hydrogen-bond donors (Lipinski definition) is 1. The van der Waals surface area contributed by atoms with E-state index in [1.165, 1.54) is 25.7 Å². The zero-order valence-corrected chi connectivity index (χ0v) is 18.5. The van der Waals surface area contributed by atoms with Crippen molar-refractivity contribution >= 4 is 28.4 Å². The smallest absolute Gasteiger partial charge is 0.223 e. The minimum absolute atomic E-state index is 0.0145. The van der Waals surface area contributed by atoms with E-state index in [9.17, 15) is 4.79 Å². The fourth-order valence-electron chi connectivity index (χ4n) is 5.58. The highest BCUT2D eigenvalue weighted by atomic mass is 35.5. The van der Waals surface area contributed by atoms with Crippen LogP contribution in [0.25, 0.3) is 10.9 Å². The van der Waals surface area contributed by atoms with Gasteiger partial charge in [-0.15, -0.1) is 0 Å². The van der Waals surface area contributed by atoms with Crippen LogP contribution in [0.15, 0.2) is 12.1 Å². The minimum atomic E-state index is 0.0145. The molecule has 0 radical (unpaired) electrons. The maximum Gasteiger partial charge on any atom is 0.223 e. The third-order valence-electron chi connectivity index (χ3n) is 6.90. The van der Waals surface area contributed by atoms with Crippen LogP contribution < -0.4 is 4.74 Å². The van der Waals surface area contributed by atoms with Gasteiger partial charge in [0.2, 0.25) is 5.91 Å². The van der Waals surface area contributed by atoms with Crippen molar-refractivity contribution in [1.29, 1.82) is 0 Å². The van der Waals surface area contributed by atoms with Crippen LogP contribution in [0.4, 0.5) is 0 Å². The topological polar surface area (TPSA) is 58.2 Å². The van der Waals surface area contributed by atoms with E-state index in [-0.39, 0.29) is 11.8 Å². The van der Waals surface area contributed by atoms with Gasteiger partial charge in [-0.25, -0.2) is 0 Å². The van der Waals surface area contributed by atoms with Crippen molar-refractivity contribution < 1.29 is 9.53 Å². The number of nitrogens with zero attached hydrogens (tertiary/aromatic N) is 2. The number of fused-ring (bicyclic) bond motifs is 3. The van der Waals surface area contributed by atoms with E-state index >= 15 is 0 Å². The highest BCUT2D eigenvalue weighted by molar-refractivity contribution is 6.37. The molecule has 1 amide bonds. The number of nitrogens with one attached hydrogen (secondary N) is 1. The Hall–Kier alpha value is -1.75. The number of likely N-dealkylation sites (tertiary alicyclic amines) is 1. The lowest BCUT2D eigenvalue weighted by molar-refractivity contribution is -0.141. The molecule has 1 aromatic carbocycles. The maximum absolute atomic E-state index is 13.5. The third-order valence-corrected chi connectivity index (χ3v) is 7.28. The first-order valence-electron chi connectivity index (χ1n) is 11.0. The van der Waals surface area contributed by atoms with Crippen molar-refractivity contribution in [1.82, 2.24) is 15.1 Å². The normalized spacial score (nSPS) is 25.2. The summed E-state index contributed by atoms with van der Waals surface area (Å²) in [7, 11) is 1.61. The van der Waals surface area contributed by atoms with Crippen molar-refractivity contribution in [2.75, 3.05) is 7.11 Å². The number of carbonyl (C=O) groups is 1. The molecule has 1 aliphatic heterocycles. The number of benzene rings is 1. The lowest BCUT2D eigenvalue weighted by atomic mass is 9.75. The minimum Gasteiger partial charge on any atom is -0.495 e. The number of rotatable bonds is 6. The first-order valence-corrected chi connectivity index (χ1v) is 11.4. The van der Waals surface area contributed by atoms with Gasteiger partial charge in [-0.1, -0.05) is 44.7 Å². The number of aromatic nitrogens is 2. The quantitative estimate of drug-likeness (QED) is 0.657. The average Bonchev–Trinajstić information content (AvgIpc) is 3.13. The molecule has 1 aromatic heterocycles. The molecule has 1 saturated carbocycles. The molecule has 5 nitrogen and oxygen atoms in total. The predicted molar refractivity (Wildman–Crippen MR) is 117 cm³/mol. The molecule has 158 valence electrons. The van der Waals surface area contributed by atoms with Gasteiger partial charge in [0.1, 0.15) is 5.75 Å². The van der Waals surface area contributed by atoms with Crippen LogP contribution in [0.3, 0.4) is 0 Å². The van der Waals surface area contributed by atoms with E-state index < -0.39 is 0 Å². The number of ether oxygens (including phenoxy) is 1. The fourth-order valence-corrected chi connectivity index (χ4v) is 5.92. The predicted octanol–water partition coefficient (Wildman–Crippen LogP) is 5.68. The molecule has 1 saturated heterocycles. The molecule has 1 aliphatic carbocycles. The van der Waals surface area contributed by atoms with Crippen LogP contribution in [0.1, 0.15) is 76.8 Å². The Morgan fingerprint density at radius 3 is 2.97 bits per heavy atom. The van der Waals surface area contributed by atoms with E-state index in [2.05, 4.69) is 28.9 Å². The number of halogens is 1. The summed E-state index contributed by atoms with van der Waals surface area (Å²) in [5, 5.41) is 8.96. The van der Waals surface area contributed by atoms with Crippen LogP contribution in [0.5, 0.6) is 5.75 Å². The highest BCUT2D eigenvalue weighted by Gasteiger charge is 2.40. The van der Waals surface area contributed by atoms with Gasteiger partial charge in [-0.2, -0.15) is 5.10 Å². The lowest BCUT2D eigenvalue weighted by Gasteiger charge is -2.48. The SMILES string of the molecule is CCCC1CC2CCCC(C2)N1C(=O)CC(C)c1[nH]nc2ccc(OC)c(Cl)c12. The van der Waals surface area contributed by atoms with E-state index in [4.69, 9.17) is 16.3 Å². The molecule has 4 rings (SSSR count). The lowest BCUT2D eigenvalue weighted by Crippen LogP contribution is -2.53. The number of amides is 1. The Labute approximate surface area is 178 Å². The van der Waals surface area contributed by atoms with E-state index in [1.807, 2.05) is 12.1 Å². The van der Waals surface area contributed by atoms with Crippen LogP contribution in [0.2, 0.25) is 5.02 Å².